The maximum atomic E-state index is 12.3. The number of amides is 1. The van der Waals surface area contributed by atoms with E-state index in [9.17, 15) is 9.90 Å². The van der Waals surface area contributed by atoms with Crippen LogP contribution in [0.5, 0.6) is 0 Å². The summed E-state index contributed by atoms with van der Waals surface area (Å²) < 4.78 is 5.29. The zero-order chi connectivity index (χ0) is 14.8. The van der Waals surface area contributed by atoms with Crippen LogP contribution < -0.4 is 11.1 Å². The van der Waals surface area contributed by atoms with E-state index in [0.717, 1.165) is 31.6 Å². The Morgan fingerprint density at radius 3 is 2.60 bits per heavy atom. The Kier molecular flexibility index (Phi) is 4.72. The second-order valence-electron chi connectivity index (χ2n) is 6.80. The zero-order valence-electron chi connectivity index (χ0n) is 12.7. The predicted molar refractivity (Wildman–Crippen MR) is 77.1 cm³/mol. The van der Waals surface area contributed by atoms with Crippen molar-refractivity contribution in [3.8, 4) is 0 Å². The van der Waals surface area contributed by atoms with Gasteiger partial charge in [0.1, 0.15) is 0 Å². The summed E-state index contributed by atoms with van der Waals surface area (Å²) in [6.07, 6.45) is 4.80. The monoisotopic (exact) mass is 284 g/mol. The van der Waals surface area contributed by atoms with Gasteiger partial charge in [-0.25, -0.2) is 0 Å². The molecular weight excluding hydrogens is 256 g/mol. The van der Waals surface area contributed by atoms with Crippen molar-refractivity contribution in [1.29, 1.82) is 0 Å². The van der Waals surface area contributed by atoms with Crippen LogP contribution in [-0.2, 0) is 9.53 Å². The van der Waals surface area contributed by atoms with E-state index in [4.69, 9.17) is 10.5 Å². The maximum absolute atomic E-state index is 12.3. The third-order valence-corrected chi connectivity index (χ3v) is 5.23. The van der Waals surface area contributed by atoms with E-state index in [-0.39, 0.29) is 11.9 Å². The van der Waals surface area contributed by atoms with Crippen molar-refractivity contribution < 1.29 is 14.6 Å². The number of nitrogens with two attached hydrogens (primary N) is 1. The van der Waals surface area contributed by atoms with Crippen molar-refractivity contribution in [1.82, 2.24) is 5.32 Å². The lowest BCUT2D eigenvalue weighted by atomic mass is 9.77. The van der Waals surface area contributed by atoms with Gasteiger partial charge in [-0.2, -0.15) is 0 Å². The Labute approximate surface area is 121 Å². The quantitative estimate of drug-likeness (QED) is 0.713. The van der Waals surface area contributed by atoms with Crippen molar-refractivity contribution >= 4 is 5.91 Å². The van der Waals surface area contributed by atoms with Gasteiger partial charge in [-0.05, 0) is 38.5 Å². The average Bonchev–Trinajstić information content (AvgIpc) is 2.78. The summed E-state index contributed by atoms with van der Waals surface area (Å²) in [5.74, 6) is 0.619. The molecule has 1 saturated carbocycles. The minimum Gasteiger partial charge on any atom is -0.388 e. The lowest BCUT2D eigenvalue weighted by Crippen LogP contribution is -2.53. The van der Waals surface area contributed by atoms with Crippen molar-refractivity contribution in [2.45, 2.75) is 57.6 Å². The molecule has 2 aliphatic rings. The van der Waals surface area contributed by atoms with E-state index in [1.807, 2.05) is 6.92 Å². The molecule has 2 rings (SSSR count). The van der Waals surface area contributed by atoms with Crippen LogP contribution in [0.3, 0.4) is 0 Å². The van der Waals surface area contributed by atoms with Crippen LogP contribution >= 0.6 is 0 Å². The fourth-order valence-corrected chi connectivity index (χ4v) is 3.17. The van der Waals surface area contributed by atoms with Gasteiger partial charge in [-0.15, -0.1) is 0 Å². The summed E-state index contributed by atoms with van der Waals surface area (Å²) in [6, 6.07) is -0.270. The first kappa shape index (κ1) is 15.7. The average molecular weight is 284 g/mol. The van der Waals surface area contributed by atoms with Crippen molar-refractivity contribution in [2.75, 3.05) is 19.8 Å². The first-order valence-electron chi connectivity index (χ1n) is 7.73. The van der Waals surface area contributed by atoms with E-state index in [1.54, 1.807) is 0 Å². The number of ether oxygens (including phenoxy) is 1. The van der Waals surface area contributed by atoms with E-state index < -0.39 is 11.0 Å². The number of nitrogens with one attached hydrogen (secondary N) is 1. The van der Waals surface area contributed by atoms with E-state index >= 15 is 0 Å². The summed E-state index contributed by atoms with van der Waals surface area (Å²) >= 11 is 0. The summed E-state index contributed by atoms with van der Waals surface area (Å²) in [5.41, 5.74) is 4.53. The second-order valence-corrected chi connectivity index (χ2v) is 6.80. The van der Waals surface area contributed by atoms with Crippen LogP contribution in [0.2, 0.25) is 0 Å². The minimum absolute atomic E-state index is 0.103. The Morgan fingerprint density at radius 1 is 1.45 bits per heavy atom. The Hall–Kier alpha value is -0.650. The van der Waals surface area contributed by atoms with Crippen molar-refractivity contribution in [3.63, 3.8) is 0 Å². The molecule has 1 amide bonds. The van der Waals surface area contributed by atoms with Gasteiger partial charge in [0.25, 0.3) is 0 Å². The lowest BCUT2D eigenvalue weighted by Gasteiger charge is -2.37. The summed E-state index contributed by atoms with van der Waals surface area (Å²) in [5, 5.41) is 13.4. The highest BCUT2D eigenvalue weighted by Gasteiger charge is 2.45. The molecule has 116 valence electrons. The normalized spacial score (nSPS) is 41.6. The van der Waals surface area contributed by atoms with Crippen molar-refractivity contribution in [2.24, 2.45) is 17.1 Å². The molecule has 1 saturated heterocycles. The molecule has 4 N–H and O–H groups in total. The van der Waals surface area contributed by atoms with Gasteiger partial charge in [0, 0.05) is 12.6 Å². The molecule has 2 atom stereocenters. The predicted octanol–water partition coefficient (Wildman–Crippen LogP) is 0.798. The molecular formula is C15H28N2O3. The first-order chi connectivity index (χ1) is 9.39. The van der Waals surface area contributed by atoms with Gasteiger partial charge >= 0.3 is 0 Å². The second kappa shape index (κ2) is 6.00. The van der Waals surface area contributed by atoms with Crippen LogP contribution in [-0.4, -0.2) is 42.4 Å². The van der Waals surface area contributed by atoms with Crippen LogP contribution in [0, 0.1) is 11.3 Å². The molecule has 2 fully saturated rings. The highest BCUT2D eigenvalue weighted by Crippen LogP contribution is 2.34. The van der Waals surface area contributed by atoms with Gasteiger partial charge < -0.3 is 20.9 Å². The van der Waals surface area contributed by atoms with Gasteiger partial charge in [-0.1, -0.05) is 13.3 Å². The Morgan fingerprint density at radius 2 is 2.10 bits per heavy atom. The molecule has 0 aromatic rings. The van der Waals surface area contributed by atoms with Crippen molar-refractivity contribution in [3.05, 3.63) is 0 Å². The van der Waals surface area contributed by atoms with Gasteiger partial charge in [0.15, 0.2) is 0 Å². The van der Waals surface area contributed by atoms with Crippen LogP contribution in [0.25, 0.3) is 0 Å². The Bertz CT molecular complexity index is 353. The number of hydrogen-bond acceptors (Lipinski definition) is 4. The number of carbonyl (C=O) groups excluding carboxylic acids is 1. The summed E-state index contributed by atoms with van der Waals surface area (Å²) in [4.78, 5) is 12.3. The van der Waals surface area contributed by atoms with Crippen LogP contribution in [0.1, 0.15) is 46.0 Å². The maximum Gasteiger partial charge on any atom is 0.230 e. The minimum atomic E-state index is -0.749. The first-order valence-corrected chi connectivity index (χ1v) is 7.73. The molecule has 5 heteroatoms. The van der Waals surface area contributed by atoms with Crippen LogP contribution in [0.4, 0.5) is 0 Å². The highest BCUT2D eigenvalue weighted by atomic mass is 16.5. The number of carbonyl (C=O) groups is 1. The Balaban J connectivity index is 1.84. The zero-order valence-corrected chi connectivity index (χ0v) is 12.7. The summed E-state index contributed by atoms with van der Waals surface area (Å²) in [7, 11) is 0. The fraction of sp³-hybridized carbons (Fsp3) is 0.933. The van der Waals surface area contributed by atoms with E-state index in [2.05, 4.69) is 12.2 Å². The van der Waals surface area contributed by atoms with Gasteiger partial charge in [0.05, 0.1) is 24.2 Å². The third kappa shape index (κ3) is 3.15. The smallest absolute Gasteiger partial charge is 0.230 e. The standard InChI is InChI=1S/C15H28N2O3/c1-3-11-4-6-15(19,7-5-11)9-17-13(18)14(2)10-20-8-12(14)16/h11-12,19H,3-10,16H2,1-2H3,(H,17,18). The number of aliphatic hydroxyl groups is 1. The molecule has 1 aliphatic heterocycles. The highest BCUT2D eigenvalue weighted by molar-refractivity contribution is 5.83. The topological polar surface area (TPSA) is 84.6 Å². The SMILES string of the molecule is CCC1CCC(O)(CNC(=O)C2(C)COCC2N)CC1. The van der Waals surface area contributed by atoms with E-state index in [1.165, 1.54) is 6.42 Å². The van der Waals surface area contributed by atoms with Gasteiger partial charge in [0.2, 0.25) is 5.91 Å². The van der Waals surface area contributed by atoms with E-state index in [0.29, 0.717) is 19.8 Å². The molecule has 0 aromatic carbocycles. The molecule has 1 aliphatic carbocycles. The molecule has 20 heavy (non-hydrogen) atoms. The molecule has 5 nitrogen and oxygen atoms in total. The van der Waals surface area contributed by atoms with Gasteiger partial charge in [-0.3, -0.25) is 4.79 Å². The molecule has 0 spiro atoms. The molecule has 1 heterocycles. The molecule has 0 aromatic heterocycles. The van der Waals surface area contributed by atoms with Crippen LogP contribution in [0.15, 0.2) is 0 Å². The fourth-order valence-electron chi connectivity index (χ4n) is 3.17. The number of hydrogen-bond donors (Lipinski definition) is 3. The molecule has 2 unspecified atom stereocenters. The summed E-state index contributed by atoms with van der Waals surface area (Å²) in [6.45, 7) is 5.13. The largest absolute Gasteiger partial charge is 0.388 e. The third-order valence-electron chi connectivity index (χ3n) is 5.23. The lowest BCUT2D eigenvalue weighted by molar-refractivity contribution is -0.132. The molecule has 0 bridgehead atoms. The molecule has 0 radical (unpaired) electrons. The number of rotatable bonds is 4.